The van der Waals surface area contributed by atoms with Gasteiger partial charge in [0, 0.05) is 28.8 Å². The summed E-state index contributed by atoms with van der Waals surface area (Å²) in [5, 5.41) is 2.96. The van der Waals surface area contributed by atoms with Gasteiger partial charge >= 0.3 is 0 Å². The number of amides is 2. The van der Waals surface area contributed by atoms with Crippen molar-refractivity contribution in [1.29, 1.82) is 0 Å². The van der Waals surface area contributed by atoms with Crippen LogP contribution in [0.25, 0.3) is 0 Å². The number of hydrogen-bond donors (Lipinski definition) is 1. The molecule has 25 heavy (non-hydrogen) atoms. The maximum Gasteiger partial charge on any atom is 0.229 e. The van der Waals surface area contributed by atoms with Crippen LogP contribution < -0.4 is 10.2 Å². The summed E-state index contributed by atoms with van der Waals surface area (Å²) in [6, 6.07) is 11.7. The van der Waals surface area contributed by atoms with E-state index < -0.39 is 0 Å². The van der Waals surface area contributed by atoms with E-state index >= 15 is 0 Å². The predicted octanol–water partition coefficient (Wildman–Crippen LogP) is 4.37. The topological polar surface area (TPSA) is 49.4 Å². The Bertz CT molecular complexity index is 824. The lowest BCUT2D eigenvalue weighted by Gasteiger charge is -2.17. The highest BCUT2D eigenvalue weighted by Gasteiger charge is 2.35. The van der Waals surface area contributed by atoms with Crippen LogP contribution in [0.2, 0.25) is 0 Å². The number of anilines is 2. The van der Waals surface area contributed by atoms with E-state index in [1.165, 1.54) is 0 Å². The Balaban J connectivity index is 1.73. The van der Waals surface area contributed by atoms with Crippen molar-refractivity contribution >= 4 is 39.1 Å². The van der Waals surface area contributed by atoms with Crippen molar-refractivity contribution in [3.63, 3.8) is 0 Å². The van der Waals surface area contributed by atoms with Crippen LogP contribution in [-0.4, -0.2) is 18.4 Å². The van der Waals surface area contributed by atoms with Crippen molar-refractivity contribution in [2.75, 3.05) is 16.8 Å². The molecular formula is C20H21BrN2O2. The molecule has 0 aromatic heterocycles. The zero-order valence-electron chi connectivity index (χ0n) is 14.6. The maximum absolute atomic E-state index is 12.6. The van der Waals surface area contributed by atoms with E-state index in [1.54, 1.807) is 4.90 Å². The molecule has 5 heteroatoms. The van der Waals surface area contributed by atoms with Crippen molar-refractivity contribution in [2.24, 2.45) is 5.92 Å². The summed E-state index contributed by atoms with van der Waals surface area (Å²) < 4.78 is 1.05. The van der Waals surface area contributed by atoms with Crippen LogP contribution in [0.4, 0.5) is 11.4 Å². The number of carbonyl (C=O) groups excluding carboxylic acids is 2. The number of nitrogens with zero attached hydrogens (tertiary/aromatic N) is 1. The smallest absolute Gasteiger partial charge is 0.229 e. The van der Waals surface area contributed by atoms with Gasteiger partial charge in [-0.1, -0.05) is 28.1 Å². The van der Waals surface area contributed by atoms with Crippen molar-refractivity contribution in [2.45, 2.75) is 27.2 Å². The summed E-state index contributed by atoms with van der Waals surface area (Å²) >= 11 is 3.53. The zero-order valence-corrected chi connectivity index (χ0v) is 16.2. The van der Waals surface area contributed by atoms with Crippen LogP contribution in [0.1, 0.15) is 23.1 Å². The SMILES string of the molecule is Cc1cccc(N2C[C@H](C(=O)Nc3cc(C)c(Br)c(C)c3)CC2=O)c1. The predicted molar refractivity (Wildman–Crippen MR) is 104 cm³/mol. The molecule has 1 atom stereocenters. The molecule has 4 nitrogen and oxygen atoms in total. The van der Waals surface area contributed by atoms with Gasteiger partial charge in [0.25, 0.3) is 0 Å². The minimum absolute atomic E-state index is 0.00563. The number of benzene rings is 2. The molecule has 130 valence electrons. The first kappa shape index (κ1) is 17.7. The van der Waals surface area contributed by atoms with Crippen LogP contribution in [0.5, 0.6) is 0 Å². The minimum atomic E-state index is -0.336. The van der Waals surface area contributed by atoms with Crippen molar-refractivity contribution in [1.82, 2.24) is 0 Å². The summed E-state index contributed by atoms with van der Waals surface area (Å²) in [6.45, 7) is 6.39. The largest absolute Gasteiger partial charge is 0.326 e. The van der Waals surface area contributed by atoms with Crippen LogP contribution in [0.15, 0.2) is 40.9 Å². The number of halogens is 1. The van der Waals surface area contributed by atoms with E-state index in [0.717, 1.165) is 32.5 Å². The summed E-state index contributed by atoms with van der Waals surface area (Å²) in [5.74, 6) is -0.448. The number of carbonyl (C=O) groups is 2. The van der Waals surface area contributed by atoms with Gasteiger partial charge in [0.2, 0.25) is 11.8 Å². The fraction of sp³-hybridized carbons (Fsp3) is 0.300. The Labute approximate surface area is 156 Å². The maximum atomic E-state index is 12.6. The van der Waals surface area contributed by atoms with Gasteiger partial charge in [-0.05, 0) is 61.7 Å². The molecule has 1 aliphatic heterocycles. The summed E-state index contributed by atoms with van der Waals surface area (Å²) in [6.07, 6.45) is 0.244. The molecule has 1 fully saturated rings. The van der Waals surface area contributed by atoms with Crippen LogP contribution in [-0.2, 0) is 9.59 Å². The fourth-order valence-electron chi connectivity index (χ4n) is 3.19. The lowest BCUT2D eigenvalue weighted by Crippen LogP contribution is -2.28. The second-order valence-electron chi connectivity index (χ2n) is 6.66. The Morgan fingerprint density at radius 3 is 2.48 bits per heavy atom. The molecule has 3 rings (SSSR count). The monoisotopic (exact) mass is 400 g/mol. The standard InChI is InChI=1S/C20H21BrN2O2/c1-12-5-4-6-17(7-12)23-11-15(10-18(23)24)20(25)22-16-8-13(2)19(21)14(3)9-16/h4-9,15H,10-11H2,1-3H3,(H,22,25)/t15-/m1/s1. The van der Waals surface area contributed by atoms with Gasteiger partial charge in [-0.3, -0.25) is 9.59 Å². The first-order valence-electron chi connectivity index (χ1n) is 8.30. The third kappa shape index (κ3) is 3.76. The van der Waals surface area contributed by atoms with Gasteiger partial charge in [-0.2, -0.15) is 0 Å². The number of rotatable bonds is 3. The molecule has 0 radical (unpaired) electrons. The molecule has 2 amide bonds. The van der Waals surface area contributed by atoms with E-state index in [4.69, 9.17) is 0 Å². The Hall–Kier alpha value is -2.14. The lowest BCUT2D eigenvalue weighted by atomic mass is 10.1. The molecule has 0 aliphatic carbocycles. The third-order valence-corrected chi connectivity index (χ3v) is 5.76. The Kier molecular flexibility index (Phi) is 4.95. The van der Waals surface area contributed by atoms with Crippen LogP contribution in [0, 0.1) is 26.7 Å². The molecule has 0 bridgehead atoms. The molecular weight excluding hydrogens is 380 g/mol. The molecule has 1 heterocycles. The van der Waals surface area contributed by atoms with Gasteiger partial charge in [-0.25, -0.2) is 0 Å². The molecule has 1 N–H and O–H groups in total. The third-order valence-electron chi connectivity index (χ3n) is 4.51. The highest BCUT2D eigenvalue weighted by atomic mass is 79.9. The van der Waals surface area contributed by atoms with Gasteiger partial charge in [-0.15, -0.1) is 0 Å². The normalized spacial score (nSPS) is 17.0. The number of aryl methyl sites for hydroxylation is 3. The summed E-state index contributed by atoms with van der Waals surface area (Å²) in [4.78, 5) is 26.7. The Morgan fingerprint density at radius 1 is 1.16 bits per heavy atom. The van der Waals surface area contributed by atoms with E-state index in [2.05, 4.69) is 21.2 Å². The molecule has 0 saturated carbocycles. The Morgan fingerprint density at radius 2 is 1.84 bits per heavy atom. The van der Waals surface area contributed by atoms with Gasteiger partial charge in [0.05, 0.1) is 5.92 Å². The van der Waals surface area contributed by atoms with Gasteiger partial charge in [0.1, 0.15) is 0 Å². The fourth-order valence-corrected chi connectivity index (χ4v) is 3.42. The minimum Gasteiger partial charge on any atom is -0.326 e. The molecule has 0 spiro atoms. The van der Waals surface area contributed by atoms with Crippen molar-refractivity contribution in [3.8, 4) is 0 Å². The molecule has 1 aliphatic rings. The molecule has 2 aromatic rings. The molecule has 1 saturated heterocycles. The van der Waals surface area contributed by atoms with E-state index in [-0.39, 0.29) is 24.2 Å². The lowest BCUT2D eigenvalue weighted by molar-refractivity contribution is -0.122. The quantitative estimate of drug-likeness (QED) is 0.831. The number of hydrogen-bond acceptors (Lipinski definition) is 2. The average molecular weight is 401 g/mol. The first-order valence-corrected chi connectivity index (χ1v) is 9.09. The van der Waals surface area contributed by atoms with Gasteiger partial charge in [0.15, 0.2) is 0 Å². The summed E-state index contributed by atoms with van der Waals surface area (Å²) in [7, 11) is 0. The van der Waals surface area contributed by atoms with Crippen LogP contribution >= 0.6 is 15.9 Å². The van der Waals surface area contributed by atoms with Crippen LogP contribution in [0.3, 0.4) is 0 Å². The van der Waals surface area contributed by atoms with E-state index in [1.807, 2.05) is 57.2 Å². The van der Waals surface area contributed by atoms with E-state index in [0.29, 0.717) is 6.54 Å². The highest BCUT2D eigenvalue weighted by Crippen LogP contribution is 2.28. The first-order chi connectivity index (χ1) is 11.8. The van der Waals surface area contributed by atoms with Crippen molar-refractivity contribution in [3.05, 3.63) is 57.6 Å². The van der Waals surface area contributed by atoms with Gasteiger partial charge < -0.3 is 10.2 Å². The second-order valence-corrected chi connectivity index (χ2v) is 7.45. The highest BCUT2D eigenvalue weighted by molar-refractivity contribution is 9.10. The average Bonchev–Trinajstić information content (AvgIpc) is 2.94. The molecule has 0 unspecified atom stereocenters. The molecule has 2 aromatic carbocycles. The second kappa shape index (κ2) is 7.00. The zero-order chi connectivity index (χ0) is 18.1. The van der Waals surface area contributed by atoms with E-state index in [9.17, 15) is 9.59 Å². The number of nitrogens with one attached hydrogen (secondary N) is 1. The van der Waals surface area contributed by atoms with Crippen molar-refractivity contribution < 1.29 is 9.59 Å². The summed E-state index contributed by atoms with van der Waals surface area (Å²) in [5.41, 5.74) is 4.86.